The van der Waals surface area contributed by atoms with Gasteiger partial charge in [-0.15, -0.1) is 5.10 Å². The molecule has 1 unspecified atom stereocenters. The predicted octanol–water partition coefficient (Wildman–Crippen LogP) is 3.06. The molecule has 21 heavy (non-hydrogen) atoms. The SMILES string of the molecule is CCCNC(c1ccc(F)cc1F)c1cnnn1CCC. The summed E-state index contributed by atoms with van der Waals surface area (Å²) in [5, 5.41) is 11.2. The smallest absolute Gasteiger partial charge is 0.131 e. The Balaban J connectivity index is 2.39. The third-order valence-electron chi connectivity index (χ3n) is 3.25. The van der Waals surface area contributed by atoms with Crippen LogP contribution in [-0.4, -0.2) is 21.5 Å². The summed E-state index contributed by atoms with van der Waals surface area (Å²) in [5.74, 6) is -1.14. The Hall–Kier alpha value is -1.82. The lowest BCUT2D eigenvalue weighted by Gasteiger charge is -2.20. The summed E-state index contributed by atoms with van der Waals surface area (Å²) in [5.41, 5.74) is 1.19. The van der Waals surface area contributed by atoms with Gasteiger partial charge in [-0.3, -0.25) is 0 Å². The van der Waals surface area contributed by atoms with E-state index in [0.717, 1.165) is 31.1 Å². The lowest BCUT2D eigenvalue weighted by molar-refractivity contribution is 0.485. The van der Waals surface area contributed by atoms with Crippen LogP contribution in [0.25, 0.3) is 0 Å². The molecule has 0 saturated carbocycles. The summed E-state index contributed by atoms with van der Waals surface area (Å²) in [4.78, 5) is 0. The molecule has 1 atom stereocenters. The molecule has 0 aliphatic carbocycles. The van der Waals surface area contributed by atoms with Crippen molar-refractivity contribution in [2.75, 3.05) is 6.54 Å². The van der Waals surface area contributed by atoms with Crippen LogP contribution in [0, 0.1) is 11.6 Å². The number of halogens is 2. The van der Waals surface area contributed by atoms with Gasteiger partial charge in [0, 0.05) is 18.2 Å². The number of aryl methyl sites for hydroxylation is 1. The number of nitrogens with zero attached hydrogens (tertiary/aromatic N) is 3. The molecule has 0 aliphatic heterocycles. The predicted molar refractivity (Wildman–Crippen MR) is 76.8 cm³/mol. The fourth-order valence-corrected chi connectivity index (χ4v) is 2.27. The van der Waals surface area contributed by atoms with Gasteiger partial charge in [0.05, 0.1) is 17.9 Å². The summed E-state index contributed by atoms with van der Waals surface area (Å²) in [6.07, 6.45) is 3.45. The van der Waals surface area contributed by atoms with Crippen molar-refractivity contribution in [2.24, 2.45) is 0 Å². The van der Waals surface area contributed by atoms with Crippen LogP contribution in [0.4, 0.5) is 8.78 Å². The van der Waals surface area contributed by atoms with Gasteiger partial charge < -0.3 is 5.32 Å². The van der Waals surface area contributed by atoms with Crippen LogP contribution in [0.2, 0.25) is 0 Å². The third-order valence-corrected chi connectivity index (χ3v) is 3.25. The van der Waals surface area contributed by atoms with Crippen molar-refractivity contribution >= 4 is 0 Å². The second kappa shape index (κ2) is 7.26. The van der Waals surface area contributed by atoms with Crippen molar-refractivity contribution in [3.8, 4) is 0 Å². The lowest BCUT2D eigenvalue weighted by Crippen LogP contribution is -2.26. The number of hydrogen-bond donors (Lipinski definition) is 1. The molecule has 1 aromatic carbocycles. The summed E-state index contributed by atoms with van der Waals surface area (Å²) in [6, 6.07) is 3.27. The minimum Gasteiger partial charge on any atom is -0.305 e. The van der Waals surface area contributed by atoms with E-state index in [1.807, 2.05) is 13.8 Å². The quantitative estimate of drug-likeness (QED) is 0.853. The van der Waals surface area contributed by atoms with Crippen LogP contribution in [0.15, 0.2) is 24.4 Å². The van der Waals surface area contributed by atoms with Crippen molar-refractivity contribution in [1.29, 1.82) is 0 Å². The number of aromatic nitrogens is 3. The van der Waals surface area contributed by atoms with E-state index in [2.05, 4.69) is 15.6 Å². The van der Waals surface area contributed by atoms with Gasteiger partial charge in [-0.25, -0.2) is 13.5 Å². The number of benzene rings is 1. The minimum atomic E-state index is -0.578. The maximum absolute atomic E-state index is 14.1. The van der Waals surface area contributed by atoms with Gasteiger partial charge in [0.1, 0.15) is 11.6 Å². The first-order valence-electron chi connectivity index (χ1n) is 7.24. The summed E-state index contributed by atoms with van der Waals surface area (Å²) >= 11 is 0. The second-order valence-electron chi connectivity index (χ2n) is 4.93. The summed E-state index contributed by atoms with van der Waals surface area (Å²) in [7, 11) is 0. The zero-order valence-electron chi connectivity index (χ0n) is 12.3. The van der Waals surface area contributed by atoms with Crippen LogP contribution in [0.1, 0.15) is 44.0 Å². The molecule has 0 fully saturated rings. The van der Waals surface area contributed by atoms with Crippen molar-refractivity contribution in [1.82, 2.24) is 20.3 Å². The van der Waals surface area contributed by atoms with E-state index in [-0.39, 0.29) is 6.04 Å². The standard InChI is InChI=1S/C15H20F2N4/c1-3-7-18-15(12-6-5-11(16)9-13(12)17)14-10-19-20-21(14)8-4-2/h5-6,9-10,15,18H,3-4,7-8H2,1-2H3. The van der Waals surface area contributed by atoms with Crippen molar-refractivity contribution in [2.45, 2.75) is 39.3 Å². The van der Waals surface area contributed by atoms with Gasteiger partial charge in [-0.1, -0.05) is 25.1 Å². The van der Waals surface area contributed by atoms with E-state index in [9.17, 15) is 8.78 Å². The van der Waals surface area contributed by atoms with Gasteiger partial charge in [0.25, 0.3) is 0 Å². The van der Waals surface area contributed by atoms with Gasteiger partial charge in [0.2, 0.25) is 0 Å². The third kappa shape index (κ3) is 3.64. The van der Waals surface area contributed by atoms with Crippen LogP contribution < -0.4 is 5.32 Å². The molecule has 0 radical (unpaired) electrons. The maximum atomic E-state index is 14.1. The molecule has 6 heteroatoms. The van der Waals surface area contributed by atoms with E-state index in [4.69, 9.17) is 0 Å². The largest absolute Gasteiger partial charge is 0.305 e. The molecule has 0 bridgehead atoms. The Morgan fingerprint density at radius 1 is 1.24 bits per heavy atom. The van der Waals surface area contributed by atoms with Crippen LogP contribution in [0.5, 0.6) is 0 Å². The fraction of sp³-hybridized carbons (Fsp3) is 0.467. The molecule has 1 aromatic heterocycles. The van der Waals surface area contributed by atoms with Crippen LogP contribution in [-0.2, 0) is 6.54 Å². The molecule has 0 aliphatic rings. The molecule has 0 saturated heterocycles. The average molecular weight is 294 g/mol. The number of hydrogen-bond acceptors (Lipinski definition) is 3. The first kappa shape index (κ1) is 15.6. The Labute approximate surface area is 123 Å². The van der Waals surface area contributed by atoms with Gasteiger partial charge in [0.15, 0.2) is 0 Å². The molecule has 2 aromatic rings. The zero-order valence-corrected chi connectivity index (χ0v) is 12.3. The Morgan fingerprint density at radius 3 is 2.71 bits per heavy atom. The van der Waals surface area contributed by atoms with Gasteiger partial charge in [-0.05, 0) is 25.5 Å². The normalized spacial score (nSPS) is 12.6. The van der Waals surface area contributed by atoms with E-state index in [1.165, 1.54) is 12.1 Å². The highest BCUT2D eigenvalue weighted by Gasteiger charge is 2.21. The second-order valence-corrected chi connectivity index (χ2v) is 4.93. The molecule has 1 heterocycles. The molecule has 0 spiro atoms. The first-order chi connectivity index (χ1) is 10.2. The maximum Gasteiger partial charge on any atom is 0.131 e. The monoisotopic (exact) mass is 294 g/mol. The molecule has 0 amide bonds. The van der Waals surface area contributed by atoms with E-state index in [0.29, 0.717) is 12.1 Å². The Bertz CT molecular complexity index is 583. The van der Waals surface area contributed by atoms with Crippen LogP contribution >= 0.6 is 0 Å². The highest BCUT2D eigenvalue weighted by Crippen LogP contribution is 2.24. The van der Waals surface area contributed by atoms with Crippen molar-refractivity contribution in [3.05, 3.63) is 47.3 Å². The van der Waals surface area contributed by atoms with E-state index in [1.54, 1.807) is 10.9 Å². The summed E-state index contributed by atoms with van der Waals surface area (Å²) in [6.45, 7) is 5.51. The average Bonchev–Trinajstić information content (AvgIpc) is 2.90. The molecule has 4 nitrogen and oxygen atoms in total. The zero-order chi connectivity index (χ0) is 15.2. The molecular formula is C15H20F2N4. The van der Waals surface area contributed by atoms with Gasteiger partial charge >= 0.3 is 0 Å². The van der Waals surface area contributed by atoms with Gasteiger partial charge in [-0.2, -0.15) is 0 Å². The Kier molecular flexibility index (Phi) is 5.38. The highest BCUT2D eigenvalue weighted by atomic mass is 19.1. The molecular weight excluding hydrogens is 274 g/mol. The number of rotatable bonds is 7. The highest BCUT2D eigenvalue weighted by molar-refractivity contribution is 5.28. The minimum absolute atomic E-state index is 0.382. The first-order valence-corrected chi connectivity index (χ1v) is 7.24. The van der Waals surface area contributed by atoms with Crippen molar-refractivity contribution < 1.29 is 8.78 Å². The van der Waals surface area contributed by atoms with E-state index < -0.39 is 11.6 Å². The molecule has 114 valence electrons. The molecule has 2 rings (SSSR count). The topological polar surface area (TPSA) is 42.7 Å². The number of nitrogens with one attached hydrogen (secondary N) is 1. The summed E-state index contributed by atoms with van der Waals surface area (Å²) < 4.78 is 29.0. The fourth-order valence-electron chi connectivity index (χ4n) is 2.27. The van der Waals surface area contributed by atoms with E-state index >= 15 is 0 Å². The Morgan fingerprint density at radius 2 is 2.05 bits per heavy atom. The lowest BCUT2D eigenvalue weighted by atomic mass is 10.0. The van der Waals surface area contributed by atoms with Crippen molar-refractivity contribution in [3.63, 3.8) is 0 Å². The van der Waals surface area contributed by atoms with Crippen LogP contribution in [0.3, 0.4) is 0 Å². The molecule has 1 N–H and O–H groups in total.